The highest BCUT2D eigenvalue weighted by Gasteiger charge is 2.07. The third-order valence-electron chi connectivity index (χ3n) is 2.34. The molecule has 1 N–H and O–H groups in total. The molecule has 5 heteroatoms. The van der Waals surface area contributed by atoms with Gasteiger partial charge in [-0.15, -0.1) is 0 Å². The SMILES string of the molecule is CC(C)Oc1cc(-n2ccnc2)ccc1NC=O. The molecule has 2 aromatic rings. The number of benzene rings is 1. The summed E-state index contributed by atoms with van der Waals surface area (Å²) in [5.74, 6) is 0.642. The molecule has 0 aliphatic heterocycles. The lowest BCUT2D eigenvalue weighted by Crippen LogP contribution is -2.08. The topological polar surface area (TPSA) is 56.1 Å². The van der Waals surface area contributed by atoms with Gasteiger partial charge >= 0.3 is 0 Å². The minimum absolute atomic E-state index is 0.0373. The fraction of sp³-hybridized carbons (Fsp3) is 0.231. The Bertz CT molecular complexity index is 521. The lowest BCUT2D eigenvalue weighted by molar-refractivity contribution is -0.105. The van der Waals surface area contributed by atoms with Gasteiger partial charge in [-0.05, 0) is 26.0 Å². The molecule has 1 amide bonds. The molecule has 0 saturated carbocycles. The van der Waals surface area contributed by atoms with Crippen molar-refractivity contribution in [3.63, 3.8) is 0 Å². The molecule has 1 aromatic heterocycles. The summed E-state index contributed by atoms with van der Waals surface area (Å²) in [6.07, 6.45) is 5.94. The number of imidazole rings is 1. The van der Waals surface area contributed by atoms with Crippen LogP contribution in [0.1, 0.15) is 13.8 Å². The van der Waals surface area contributed by atoms with Crippen molar-refractivity contribution in [3.05, 3.63) is 36.9 Å². The zero-order valence-corrected chi connectivity index (χ0v) is 10.3. The Morgan fingerprint density at radius 3 is 2.89 bits per heavy atom. The normalized spacial score (nSPS) is 10.4. The molecule has 0 unspecified atom stereocenters. The second-order valence-corrected chi connectivity index (χ2v) is 4.08. The number of anilines is 1. The number of hydrogen-bond acceptors (Lipinski definition) is 3. The third kappa shape index (κ3) is 2.68. The van der Waals surface area contributed by atoms with Crippen molar-refractivity contribution >= 4 is 12.1 Å². The summed E-state index contributed by atoms with van der Waals surface area (Å²) in [6, 6.07) is 5.57. The summed E-state index contributed by atoms with van der Waals surface area (Å²) in [6.45, 7) is 3.88. The number of nitrogens with one attached hydrogen (secondary N) is 1. The average molecular weight is 245 g/mol. The van der Waals surface area contributed by atoms with E-state index in [1.807, 2.05) is 36.7 Å². The average Bonchev–Trinajstić information content (AvgIpc) is 2.84. The Kier molecular flexibility index (Phi) is 3.62. The molecule has 2 rings (SSSR count). The second-order valence-electron chi connectivity index (χ2n) is 4.08. The van der Waals surface area contributed by atoms with Crippen LogP contribution in [0.5, 0.6) is 5.75 Å². The molecule has 5 nitrogen and oxygen atoms in total. The molecular formula is C13H15N3O2. The van der Waals surface area contributed by atoms with Crippen molar-refractivity contribution in [2.45, 2.75) is 20.0 Å². The van der Waals surface area contributed by atoms with Crippen LogP contribution in [0.25, 0.3) is 5.69 Å². The maximum Gasteiger partial charge on any atom is 0.211 e. The first-order chi connectivity index (χ1) is 8.70. The van der Waals surface area contributed by atoms with Gasteiger partial charge in [-0.3, -0.25) is 4.79 Å². The quantitative estimate of drug-likeness (QED) is 0.822. The van der Waals surface area contributed by atoms with E-state index in [0.717, 1.165) is 5.69 Å². The number of rotatable bonds is 5. The molecule has 0 atom stereocenters. The Hall–Kier alpha value is -2.30. The number of amides is 1. The molecule has 1 heterocycles. The lowest BCUT2D eigenvalue weighted by atomic mass is 10.2. The molecule has 0 spiro atoms. The summed E-state index contributed by atoms with van der Waals surface area (Å²) in [5, 5.41) is 2.62. The fourth-order valence-electron chi connectivity index (χ4n) is 1.62. The van der Waals surface area contributed by atoms with E-state index < -0.39 is 0 Å². The zero-order chi connectivity index (χ0) is 13.0. The first-order valence-electron chi connectivity index (χ1n) is 5.70. The Morgan fingerprint density at radius 2 is 2.28 bits per heavy atom. The van der Waals surface area contributed by atoms with Crippen LogP contribution in [0.15, 0.2) is 36.9 Å². The number of carbonyl (C=O) groups excluding carboxylic acids is 1. The predicted molar refractivity (Wildman–Crippen MR) is 69.0 cm³/mol. The molecule has 0 bridgehead atoms. The summed E-state index contributed by atoms with van der Waals surface area (Å²) >= 11 is 0. The van der Waals surface area contributed by atoms with Crippen LogP contribution in [-0.4, -0.2) is 22.1 Å². The van der Waals surface area contributed by atoms with E-state index in [1.54, 1.807) is 18.6 Å². The van der Waals surface area contributed by atoms with Crippen molar-refractivity contribution in [2.75, 3.05) is 5.32 Å². The molecule has 0 fully saturated rings. The van der Waals surface area contributed by atoms with Crippen molar-refractivity contribution in [1.82, 2.24) is 9.55 Å². The van der Waals surface area contributed by atoms with E-state index in [-0.39, 0.29) is 6.10 Å². The number of carbonyl (C=O) groups is 1. The third-order valence-corrected chi connectivity index (χ3v) is 2.34. The van der Waals surface area contributed by atoms with E-state index in [4.69, 9.17) is 4.74 Å². The van der Waals surface area contributed by atoms with Gasteiger partial charge in [-0.1, -0.05) is 0 Å². The Labute approximate surface area is 105 Å². The largest absolute Gasteiger partial charge is 0.489 e. The van der Waals surface area contributed by atoms with Gasteiger partial charge in [-0.2, -0.15) is 0 Å². The summed E-state index contributed by atoms with van der Waals surface area (Å²) in [5.41, 5.74) is 1.59. The van der Waals surface area contributed by atoms with Crippen molar-refractivity contribution < 1.29 is 9.53 Å². The van der Waals surface area contributed by atoms with Crippen LogP contribution >= 0.6 is 0 Å². The molecule has 18 heavy (non-hydrogen) atoms. The Balaban J connectivity index is 2.38. The first-order valence-corrected chi connectivity index (χ1v) is 5.70. The van der Waals surface area contributed by atoms with Crippen LogP contribution < -0.4 is 10.1 Å². The lowest BCUT2D eigenvalue weighted by Gasteiger charge is -2.15. The van der Waals surface area contributed by atoms with Crippen LogP contribution in [0.3, 0.4) is 0 Å². The van der Waals surface area contributed by atoms with E-state index in [2.05, 4.69) is 10.3 Å². The van der Waals surface area contributed by atoms with E-state index >= 15 is 0 Å². The summed E-state index contributed by atoms with van der Waals surface area (Å²) in [7, 11) is 0. The summed E-state index contributed by atoms with van der Waals surface area (Å²) < 4.78 is 7.55. The molecule has 1 aromatic carbocycles. The Morgan fingerprint density at radius 1 is 1.44 bits per heavy atom. The maximum atomic E-state index is 10.5. The fourth-order valence-corrected chi connectivity index (χ4v) is 1.62. The minimum Gasteiger partial charge on any atom is -0.489 e. The second kappa shape index (κ2) is 5.35. The smallest absolute Gasteiger partial charge is 0.211 e. The molecule has 0 saturated heterocycles. The van der Waals surface area contributed by atoms with Crippen LogP contribution in [0.4, 0.5) is 5.69 Å². The highest BCUT2D eigenvalue weighted by atomic mass is 16.5. The maximum absolute atomic E-state index is 10.5. The highest BCUT2D eigenvalue weighted by Crippen LogP contribution is 2.28. The standard InChI is InChI=1S/C13H15N3O2/c1-10(2)18-13-7-11(16-6-5-14-8-16)3-4-12(13)15-9-17/h3-10H,1-2H3,(H,15,17). The number of ether oxygens (including phenoxy) is 1. The van der Waals surface area contributed by atoms with Crippen LogP contribution in [-0.2, 0) is 4.79 Å². The van der Waals surface area contributed by atoms with E-state index in [0.29, 0.717) is 17.8 Å². The zero-order valence-electron chi connectivity index (χ0n) is 10.3. The number of hydrogen-bond donors (Lipinski definition) is 1. The van der Waals surface area contributed by atoms with Crippen molar-refractivity contribution in [3.8, 4) is 11.4 Å². The van der Waals surface area contributed by atoms with Gasteiger partial charge in [0, 0.05) is 18.5 Å². The summed E-state index contributed by atoms with van der Waals surface area (Å²) in [4.78, 5) is 14.5. The number of aromatic nitrogens is 2. The molecule has 94 valence electrons. The van der Waals surface area contributed by atoms with Crippen LogP contribution in [0.2, 0.25) is 0 Å². The van der Waals surface area contributed by atoms with Gasteiger partial charge in [0.1, 0.15) is 5.75 Å². The number of nitrogens with zero attached hydrogens (tertiary/aromatic N) is 2. The predicted octanol–water partition coefficient (Wildman–Crippen LogP) is 2.23. The van der Waals surface area contributed by atoms with Gasteiger partial charge in [0.2, 0.25) is 6.41 Å². The molecule has 0 radical (unpaired) electrons. The van der Waals surface area contributed by atoms with Crippen LogP contribution in [0, 0.1) is 0 Å². The highest BCUT2D eigenvalue weighted by molar-refractivity contribution is 5.76. The monoisotopic (exact) mass is 245 g/mol. The van der Waals surface area contributed by atoms with Crippen molar-refractivity contribution in [1.29, 1.82) is 0 Å². The van der Waals surface area contributed by atoms with Gasteiger partial charge in [0.15, 0.2) is 0 Å². The van der Waals surface area contributed by atoms with E-state index in [1.165, 1.54) is 0 Å². The van der Waals surface area contributed by atoms with Gasteiger partial charge < -0.3 is 14.6 Å². The van der Waals surface area contributed by atoms with Gasteiger partial charge in [0.05, 0.1) is 23.8 Å². The molecule has 0 aliphatic rings. The first kappa shape index (κ1) is 12.2. The van der Waals surface area contributed by atoms with Gasteiger partial charge in [0.25, 0.3) is 0 Å². The molecular weight excluding hydrogens is 230 g/mol. The van der Waals surface area contributed by atoms with Crippen molar-refractivity contribution in [2.24, 2.45) is 0 Å². The minimum atomic E-state index is 0.0373. The van der Waals surface area contributed by atoms with E-state index in [9.17, 15) is 4.79 Å². The van der Waals surface area contributed by atoms with Gasteiger partial charge in [-0.25, -0.2) is 4.98 Å². The molecule has 0 aliphatic carbocycles.